The minimum atomic E-state index is -1.98. The van der Waals surface area contributed by atoms with Gasteiger partial charge in [0.2, 0.25) is 0 Å². The molecule has 1 fully saturated rings. The van der Waals surface area contributed by atoms with Gasteiger partial charge in [0.05, 0.1) is 0 Å². The van der Waals surface area contributed by atoms with Crippen molar-refractivity contribution in [2.24, 2.45) is 0 Å². The van der Waals surface area contributed by atoms with Crippen molar-refractivity contribution in [1.82, 2.24) is 0 Å². The van der Waals surface area contributed by atoms with Crippen molar-refractivity contribution in [3.63, 3.8) is 0 Å². The van der Waals surface area contributed by atoms with Crippen LogP contribution in [0.1, 0.15) is 0 Å². The highest BCUT2D eigenvalue weighted by Gasteiger charge is 2.22. The second-order valence-corrected chi connectivity index (χ2v) is 14.3. The molecule has 0 spiro atoms. The summed E-state index contributed by atoms with van der Waals surface area (Å²) in [6, 6.07) is 23.9. The van der Waals surface area contributed by atoms with Crippen LogP contribution in [0.3, 0.4) is 0 Å². The predicted octanol–water partition coefficient (Wildman–Crippen LogP) is 0.650. The highest BCUT2D eigenvalue weighted by molar-refractivity contribution is 6.73. The Morgan fingerprint density at radius 1 is 0.615 bits per heavy atom. The Morgan fingerprint density at radius 2 is 1.31 bits per heavy atom. The highest BCUT2D eigenvalue weighted by Crippen LogP contribution is 2.29. The first kappa shape index (κ1) is 16.5. The molecule has 0 aromatic heterocycles. The van der Waals surface area contributed by atoms with E-state index in [-0.39, 0.29) is 0 Å². The van der Waals surface area contributed by atoms with Crippen LogP contribution in [0.4, 0.5) is 0 Å². The fourth-order valence-electron chi connectivity index (χ4n) is 3.60. The van der Waals surface area contributed by atoms with E-state index in [9.17, 15) is 0 Å². The Hall–Kier alpha value is -1.63. The first-order valence-electron chi connectivity index (χ1n) is 8.63. The van der Waals surface area contributed by atoms with Crippen LogP contribution in [0, 0.1) is 0 Å². The largest absolute Gasteiger partial charge is 0.425 e. The summed E-state index contributed by atoms with van der Waals surface area (Å²) in [7, 11) is -4.83. The van der Waals surface area contributed by atoms with Crippen molar-refractivity contribution in [3.8, 4) is 0 Å². The SMILES string of the molecule is c1ccc2cc3c(ccc4cccc([SiH]5O[SiH2]O[SiH2]O[SiH2]O5)c43)cc2c1. The van der Waals surface area contributed by atoms with Crippen molar-refractivity contribution in [2.45, 2.75) is 0 Å². The van der Waals surface area contributed by atoms with Gasteiger partial charge in [0, 0.05) is 0 Å². The third-order valence-electron chi connectivity index (χ3n) is 4.78. The molecule has 1 aliphatic heterocycles. The number of hydrogen-bond donors (Lipinski definition) is 0. The minimum absolute atomic E-state index is 0.853. The van der Waals surface area contributed by atoms with Crippen LogP contribution in [0.15, 0.2) is 66.7 Å². The lowest BCUT2D eigenvalue weighted by molar-refractivity contribution is 0.337. The molecule has 8 heteroatoms. The van der Waals surface area contributed by atoms with Gasteiger partial charge in [-0.2, -0.15) is 0 Å². The van der Waals surface area contributed by atoms with E-state index >= 15 is 0 Å². The molecule has 1 heterocycles. The third-order valence-corrected chi connectivity index (χ3v) is 12.0. The summed E-state index contributed by atoms with van der Waals surface area (Å²) in [5, 5.41) is 8.72. The highest BCUT2D eigenvalue weighted by atomic mass is 28.4. The minimum Gasteiger partial charge on any atom is -0.425 e. The van der Waals surface area contributed by atoms with Crippen LogP contribution in [0.2, 0.25) is 0 Å². The maximum atomic E-state index is 6.14. The summed E-state index contributed by atoms with van der Waals surface area (Å²) >= 11 is 0. The van der Waals surface area contributed by atoms with Gasteiger partial charge < -0.3 is 16.5 Å². The van der Waals surface area contributed by atoms with Gasteiger partial charge in [0.1, 0.15) is 0 Å². The fraction of sp³-hybridized carbons (Fsp3) is 0. The Morgan fingerprint density at radius 3 is 2.12 bits per heavy atom. The molecule has 1 aliphatic rings. The quantitative estimate of drug-likeness (QED) is 0.262. The van der Waals surface area contributed by atoms with Crippen LogP contribution in [0.5, 0.6) is 0 Å². The van der Waals surface area contributed by atoms with Crippen molar-refractivity contribution in [1.29, 1.82) is 0 Å². The maximum Gasteiger partial charge on any atom is 0.338 e. The van der Waals surface area contributed by atoms with Crippen molar-refractivity contribution < 1.29 is 16.5 Å². The van der Waals surface area contributed by atoms with E-state index in [4.69, 9.17) is 16.5 Å². The molecule has 4 aromatic carbocycles. The monoisotopic (exact) mass is 410 g/mol. The van der Waals surface area contributed by atoms with Gasteiger partial charge in [0.15, 0.2) is 0 Å². The van der Waals surface area contributed by atoms with Crippen molar-refractivity contribution in [2.75, 3.05) is 0 Å². The van der Waals surface area contributed by atoms with E-state index in [0.717, 1.165) is 0 Å². The van der Waals surface area contributed by atoms with Gasteiger partial charge in [-0.15, -0.1) is 0 Å². The molecule has 0 aliphatic carbocycles. The van der Waals surface area contributed by atoms with Gasteiger partial charge >= 0.3 is 9.28 Å². The molecule has 5 rings (SSSR count). The molecule has 1 saturated heterocycles. The second-order valence-electron chi connectivity index (χ2n) is 6.36. The van der Waals surface area contributed by atoms with Crippen LogP contribution < -0.4 is 5.19 Å². The topological polar surface area (TPSA) is 36.9 Å². The maximum absolute atomic E-state index is 6.14. The van der Waals surface area contributed by atoms with E-state index in [2.05, 4.69) is 66.7 Å². The lowest BCUT2D eigenvalue weighted by Crippen LogP contribution is -2.42. The molecule has 0 radical (unpaired) electrons. The number of rotatable bonds is 1. The lowest BCUT2D eigenvalue weighted by Gasteiger charge is -2.22. The van der Waals surface area contributed by atoms with E-state index in [1.54, 1.807) is 0 Å². The molecule has 130 valence electrons. The zero-order chi connectivity index (χ0) is 17.3. The first-order valence-corrected chi connectivity index (χ1v) is 13.6. The van der Waals surface area contributed by atoms with E-state index < -0.39 is 39.3 Å². The fourth-order valence-corrected chi connectivity index (χ4v) is 12.7. The Bertz CT molecular complexity index is 1100. The van der Waals surface area contributed by atoms with E-state index in [1.165, 1.54) is 37.5 Å². The van der Waals surface area contributed by atoms with Crippen molar-refractivity contribution >= 4 is 76.8 Å². The lowest BCUT2D eigenvalue weighted by atomic mass is 9.98. The summed E-state index contributed by atoms with van der Waals surface area (Å²) in [6.45, 7) is 0. The second kappa shape index (κ2) is 7.17. The Kier molecular flexibility index (Phi) is 4.56. The molecule has 0 saturated carbocycles. The Balaban J connectivity index is 1.77. The van der Waals surface area contributed by atoms with E-state index in [0.29, 0.717) is 0 Å². The molecule has 26 heavy (non-hydrogen) atoms. The van der Waals surface area contributed by atoms with Gasteiger partial charge in [-0.05, 0) is 49.6 Å². The van der Waals surface area contributed by atoms with E-state index in [1.807, 2.05) is 0 Å². The van der Waals surface area contributed by atoms with Crippen LogP contribution in [-0.4, -0.2) is 39.3 Å². The number of hydrogen-bond acceptors (Lipinski definition) is 4. The van der Waals surface area contributed by atoms with Crippen LogP contribution >= 0.6 is 0 Å². The van der Waals surface area contributed by atoms with Crippen LogP contribution in [0.25, 0.3) is 32.3 Å². The Labute approximate surface area is 160 Å². The van der Waals surface area contributed by atoms with Crippen LogP contribution in [-0.2, 0) is 16.5 Å². The van der Waals surface area contributed by atoms with Gasteiger partial charge in [-0.1, -0.05) is 54.6 Å². The summed E-state index contributed by atoms with van der Waals surface area (Å²) in [4.78, 5) is 0. The normalized spacial score (nSPS) is 21.6. The molecule has 0 bridgehead atoms. The molecular formula is C18H18O4Si4. The summed E-state index contributed by atoms with van der Waals surface area (Å²) in [5.74, 6) is 0. The third kappa shape index (κ3) is 3.00. The molecule has 4 nitrogen and oxygen atoms in total. The summed E-state index contributed by atoms with van der Waals surface area (Å²) < 4.78 is 23.5. The average molecular weight is 411 g/mol. The molecule has 0 atom stereocenters. The summed E-state index contributed by atoms with van der Waals surface area (Å²) in [5.41, 5.74) is 0. The smallest absolute Gasteiger partial charge is 0.338 e. The molecule has 0 N–H and O–H groups in total. The number of fused-ring (bicyclic) bond motifs is 4. The van der Waals surface area contributed by atoms with Gasteiger partial charge in [-0.3, -0.25) is 0 Å². The average Bonchev–Trinajstić information content (AvgIpc) is 2.66. The predicted molar refractivity (Wildman–Crippen MR) is 116 cm³/mol. The van der Waals surface area contributed by atoms with Crippen molar-refractivity contribution in [3.05, 3.63) is 66.7 Å². The molecule has 0 amide bonds. The molecular weight excluding hydrogens is 393 g/mol. The first-order chi connectivity index (χ1) is 12.9. The van der Waals surface area contributed by atoms with Gasteiger partial charge in [0.25, 0.3) is 30.0 Å². The molecule has 0 unspecified atom stereocenters. The summed E-state index contributed by atoms with van der Waals surface area (Å²) in [6.07, 6.45) is 0. The zero-order valence-corrected chi connectivity index (χ0v) is 19.6. The molecule has 4 aromatic rings. The van der Waals surface area contributed by atoms with Gasteiger partial charge in [-0.25, -0.2) is 0 Å². The standard InChI is InChI=1S/C18H18O4Si4/c1-2-5-14-11-16-15(10-13(14)4-1)9-8-12-6-3-7-17(18(12)16)26-21-24-19-23-20-25-22-26/h1-11,26H,23-25H2. The zero-order valence-electron chi connectivity index (χ0n) is 14.2. The number of benzene rings is 4.